The van der Waals surface area contributed by atoms with Crippen molar-refractivity contribution in [3.8, 4) is 5.75 Å². The Morgan fingerprint density at radius 1 is 1.32 bits per heavy atom. The maximum absolute atomic E-state index is 12.0. The summed E-state index contributed by atoms with van der Waals surface area (Å²) in [5.41, 5.74) is 6.83. The fourth-order valence-corrected chi connectivity index (χ4v) is 2.04. The predicted octanol–water partition coefficient (Wildman–Crippen LogP) is 2.25. The van der Waals surface area contributed by atoms with E-state index in [1.54, 1.807) is 7.11 Å². The first-order valence-electron chi connectivity index (χ1n) is 6.64. The molecule has 19 heavy (non-hydrogen) atoms. The Labute approximate surface area is 115 Å². The normalized spacial score (nSPS) is 14.0. The fraction of sp³-hybridized carbons (Fsp3) is 0.533. The monoisotopic (exact) mass is 264 g/mol. The number of carbonyl (C=O) groups excluding carboxylic acids is 1. The van der Waals surface area contributed by atoms with Crippen molar-refractivity contribution >= 4 is 5.91 Å². The molecule has 0 fully saturated rings. The van der Waals surface area contributed by atoms with Gasteiger partial charge >= 0.3 is 0 Å². The van der Waals surface area contributed by atoms with E-state index in [1.807, 2.05) is 31.2 Å². The highest BCUT2D eigenvalue weighted by molar-refractivity contribution is 5.81. The molecule has 0 aliphatic rings. The number of rotatable bonds is 6. The SMILES string of the molecule is COc1ccccc1[C@@H](C)NC(=O)[C@@H](N)CC(C)C. The second-order valence-electron chi connectivity index (χ2n) is 5.21. The first kappa shape index (κ1) is 15.5. The van der Waals surface area contributed by atoms with Crippen molar-refractivity contribution in [1.82, 2.24) is 5.32 Å². The summed E-state index contributed by atoms with van der Waals surface area (Å²) >= 11 is 0. The summed E-state index contributed by atoms with van der Waals surface area (Å²) in [6, 6.07) is 7.07. The zero-order valence-electron chi connectivity index (χ0n) is 12.1. The number of hydrogen-bond acceptors (Lipinski definition) is 3. The number of hydrogen-bond donors (Lipinski definition) is 2. The van der Waals surface area contributed by atoms with E-state index in [4.69, 9.17) is 10.5 Å². The Kier molecular flexibility index (Phi) is 5.83. The third kappa shape index (κ3) is 4.56. The molecular weight excluding hydrogens is 240 g/mol. The third-order valence-electron chi connectivity index (χ3n) is 3.03. The lowest BCUT2D eigenvalue weighted by atomic mass is 10.0. The van der Waals surface area contributed by atoms with Crippen LogP contribution in [0.15, 0.2) is 24.3 Å². The molecule has 0 unspecified atom stereocenters. The van der Waals surface area contributed by atoms with E-state index in [0.717, 1.165) is 11.3 Å². The topological polar surface area (TPSA) is 64.3 Å². The van der Waals surface area contributed by atoms with E-state index >= 15 is 0 Å². The average molecular weight is 264 g/mol. The number of para-hydroxylation sites is 1. The summed E-state index contributed by atoms with van der Waals surface area (Å²) in [7, 11) is 1.62. The van der Waals surface area contributed by atoms with Crippen LogP contribution in [0.5, 0.6) is 5.75 Å². The van der Waals surface area contributed by atoms with E-state index in [-0.39, 0.29) is 11.9 Å². The summed E-state index contributed by atoms with van der Waals surface area (Å²) in [6.45, 7) is 6.03. The number of nitrogens with one attached hydrogen (secondary N) is 1. The molecule has 0 aliphatic heterocycles. The number of amides is 1. The van der Waals surface area contributed by atoms with Gasteiger partial charge in [0.05, 0.1) is 19.2 Å². The first-order valence-corrected chi connectivity index (χ1v) is 6.64. The Morgan fingerprint density at radius 2 is 1.95 bits per heavy atom. The van der Waals surface area contributed by atoms with Gasteiger partial charge in [0.15, 0.2) is 0 Å². The van der Waals surface area contributed by atoms with Gasteiger partial charge in [-0.2, -0.15) is 0 Å². The summed E-state index contributed by atoms with van der Waals surface area (Å²) in [6.07, 6.45) is 0.685. The van der Waals surface area contributed by atoms with Gasteiger partial charge in [0, 0.05) is 5.56 Å². The molecule has 1 aromatic rings. The van der Waals surface area contributed by atoms with Crippen LogP contribution < -0.4 is 15.8 Å². The molecule has 1 aromatic carbocycles. The number of methoxy groups -OCH3 is 1. The summed E-state index contributed by atoms with van der Waals surface area (Å²) < 4.78 is 5.29. The highest BCUT2D eigenvalue weighted by atomic mass is 16.5. The molecule has 0 aliphatic carbocycles. The maximum Gasteiger partial charge on any atom is 0.237 e. The Hall–Kier alpha value is -1.55. The molecule has 0 saturated heterocycles. The molecule has 0 spiro atoms. The number of benzene rings is 1. The van der Waals surface area contributed by atoms with Crippen molar-refractivity contribution < 1.29 is 9.53 Å². The lowest BCUT2D eigenvalue weighted by Crippen LogP contribution is -2.42. The third-order valence-corrected chi connectivity index (χ3v) is 3.03. The van der Waals surface area contributed by atoms with Crippen LogP contribution >= 0.6 is 0 Å². The smallest absolute Gasteiger partial charge is 0.237 e. The molecule has 0 heterocycles. The van der Waals surface area contributed by atoms with Gasteiger partial charge in [-0.3, -0.25) is 4.79 Å². The minimum atomic E-state index is -0.461. The summed E-state index contributed by atoms with van der Waals surface area (Å²) in [5, 5.41) is 2.93. The van der Waals surface area contributed by atoms with Crippen molar-refractivity contribution in [1.29, 1.82) is 0 Å². The molecular formula is C15H24N2O2. The van der Waals surface area contributed by atoms with Crippen LogP contribution in [0.25, 0.3) is 0 Å². The van der Waals surface area contributed by atoms with E-state index in [0.29, 0.717) is 12.3 Å². The maximum atomic E-state index is 12.0. The lowest BCUT2D eigenvalue weighted by Gasteiger charge is -2.20. The minimum Gasteiger partial charge on any atom is -0.496 e. The van der Waals surface area contributed by atoms with Crippen molar-refractivity contribution in [2.24, 2.45) is 11.7 Å². The van der Waals surface area contributed by atoms with E-state index in [2.05, 4.69) is 19.2 Å². The fourth-order valence-electron chi connectivity index (χ4n) is 2.04. The molecule has 2 atom stereocenters. The molecule has 4 heteroatoms. The number of nitrogens with two attached hydrogens (primary N) is 1. The molecule has 0 bridgehead atoms. The summed E-state index contributed by atoms with van der Waals surface area (Å²) in [4.78, 5) is 12.0. The van der Waals surface area contributed by atoms with Crippen LogP contribution in [0.3, 0.4) is 0 Å². The lowest BCUT2D eigenvalue weighted by molar-refractivity contribution is -0.123. The van der Waals surface area contributed by atoms with E-state index in [1.165, 1.54) is 0 Å². The van der Waals surface area contributed by atoms with Crippen LogP contribution in [0.4, 0.5) is 0 Å². The molecule has 3 N–H and O–H groups in total. The van der Waals surface area contributed by atoms with Crippen LogP contribution in [-0.4, -0.2) is 19.1 Å². The Balaban J connectivity index is 2.68. The van der Waals surface area contributed by atoms with Crippen molar-refractivity contribution in [3.63, 3.8) is 0 Å². The van der Waals surface area contributed by atoms with Crippen molar-refractivity contribution in [3.05, 3.63) is 29.8 Å². The van der Waals surface area contributed by atoms with Crippen LogP contribution in [0.1, 0.15) is 38.8 Å². The van der Waals surface area contributed by atoms with Gasteiger partial charge in [-0.25, -0.2) is 0 Å². The van der Waals surface area contributed by atoms with Gasteiger partial charge < -0.3 is 15.8 Å². The van der Waals surface area contributed by atoms with Gasteiger partial charge in [-0.1, -0.05) is 32.0 Å². The zero-order valence-corrected chi connectivity index (χ0v) is 12.1. The zero-order chi connectivity index (χ0) is 14.4. The molecule has 1 rings (SSSR count). The Morgan fingerprint density at radius 3 is 2.53 bits per heavy atom. The standard InChI is InChI=1S/C15H24N2O2/c1-10(2)9-13(16)15(18)17-11(3)12-7-5-6-8-14(12)19-4/h5-8,10-11,13H,9,16H2,1-4H3,(H,17,18)/t11-,13+/m1/s1. The van der Waals surface area contributed by atoms with Gasteiger partial charge in [0.1, 0.15) is 5.75 Å². The van der Waals surface area contributed by atoms with Gasteiger partial charge in [0.2, 0.25) is 5.91 Å². The second-order valence-corrected chi connectivity index (χ2v) is 5.21. The van der Waals surface area contributed by atoms with Gasteiger partial charge in [-0.15, -0.1) is 0 Å². The largest absolute Gasteiger partial charge is 0.496 e. The average Bonchev–Trinajstić information content (AvgIpc) is 2.37. The number of carbonyl (C=O) groups is 1. The van der Waals surface area contributed by atoms with Crippen molar-refractivity contribution in [2.45, 2.75) is 39.3 Å². The van der Waals surface area contributed by atoms with Gasteiger partial charge in [-0.05, 0) is 25.3 Å². The molecule has 4 nitrogen and oxygen atoms in total. The molecule has 1 amide bonds. The quantitative estimate of drug-likeness (QED) is 0.828. The number of ether oxygens (including phenoxy) is 1. The molecule has 0 aromatic heterocycles. The minimum absolute atomic E-state index is 0.118. The highest BCUT2D eigenvalue weighted by Crippen LogP contribution is 2.24. The first-order chi connectivity index (χ1) is 8.95. The summed E-state index contributed by atoms with van der Waals surface area (Å²) in [5.74, 6) is 1.06. The van der Waals surface area contributed by atoms with Crippen molar-refractivity contribution in [2.75, 3.05) is 7.11 Å². The van der Waals surface area contributed by atoms with Crippen LogP contribution in [-0.2, 0) is 4.79 Å². The highest BCUT2D eigenvalue weighted by Gasteiger charge is 2.19. The van der Waals surface area contributed by atoms with Crippen LogP contribution in [0.2, 0.25) is 0 Å². The Bertz CT molecular complexity index is 418. The van der Waals surface area contributed by atoms with Crippen LogP contribution in [0, 0.1) is 5.92 Å². The molecule has 106 valence electrons. The second kappa shape index (κ2) is 7.14. The predicted molar refractivity (Wildman–Crippen MR) is 77.0 cm³/mol. The van der Waals surface area contributed by atoms with Gasteiger partial charge in [0.25, 0.3) is 0 Å². The van der Waals surface area contributed by atoms with E-state index in [9.17, 15) is 4.79 Å². The molecule has 0 radical (unpaired) electrons. The molecule has 0 saturated carbocycles. The van der Waals surface area contributed by atoms with E-state index < -0.39 is 6.04 Å².